The van der Waals surface area contributed by atoms with Gasteiger partial charge in [-0.3, -0.25) is 4.79 Å². The standard InChI is InChI=1S/C17H14FNO3/c1-22-15-5-3-2-4-11(15)17-13(9-16(20)21)12-8-10(18)6-7-14(12)19-17/h2-8,19H,9H2,1H3,(H,20,21). The van der Waals surface area contributed by atoms with Gasteiger partial charge in [0.1, 0.15) is 11.6 Å². The molecule has 0 amide bonds. The second-order valence-corrected chi connectivity index (χ2v) is 4.94. The number of carboxylic acid groups (broad SMARTS) is 1. The minimum Gasteiger partial charge on any atom is -0.496 e. The van der Waals surface area contributed by atoms with Crippen molar-refractivity contribution >= 4 is 16.9 Å². The summed E-state index contributed by atoms with van der Waals surface area (Å²) in [5.41, 5.74) is 2.63. The van der Waals surface area contributed by atoms with E-state index < -0.39 is 11.8 Å². The van der Waals surface area contributed by atoms with Crippen molar-refractivity contribution in [2.75, 3.05) is 7.11 Å². The third-order valence-corrected chi connectivity index (χ3v) is 3.57. The van der Waals surface area contributed by atoms with Crippen molar-refractivity contribution in [1.82, 2.24) is 4.98 Å². The number of carbonyl (C=O) groups is 1. The Bertz CT molecular complexity index is 854. The molecule has 1 aromatic heterocycles. The summed E-state index contributed by atoms with van der Waals surface area (Å²) in [6.45, 7) is 0. The maximum Gasteiger partial charge on any atom is 0.307 e. The molecule has 1 heterocycles. The number of rotatable bonds is 4. The number of H-pyrrole nitrogens is 1. The Morgan fingerprint density at radius 2 is 2.05 bits per heavy atom. The molecule has 5 heteroatoms. The fraction of sp³-hybridized carbons (Fsp3) is 0.118. The lowest BCUT2D eigenvalue weighted by Gasteiger charge is -2.08. The Labute approximate surface area is 126 Å². The van der Waals surface area contributed by atoms with E-state index in [1.165, 1.54) is 12.1 Å². The first-order chi connectivity index (χ1) is 10.6. The number of aliphatic carboxylic acids is 1. The Kier molecular flexibility index (Phi) is 3.55. The fourth-order valence-electron chi connectivity index (χ4n) is 2.64. The number of halogens is 1. The summed E-state index contributed by atoms with van der Waals surface area (Å²) in [4.78, 5) is 14.4. The zero-order valence-corrected chi connectivity index (χ0v) is 11.9. The average molecular weight is 299 g/mol. The molecular formula is C17H14FNO3. The fourth-order valence-corrected chi connectivity index (χ4v) is 2.64. The average Bonchev–Trinajstić information content (AvgIpc) is 2.84. The molecule has 0 atom stereocenters. The zero-order chi connectivity index (χ0) is 15.7. The number of ether oxygens (including phenoxy) is 1. The van der Waals surface area contributed by atoms with Gasteiger partial charge in [0, 0.05) is 16.5 Å². The molecular weight excluding hydrogens is 285 g/mol. The number of carboxylic acids is 1. The smallest absolute Gasteiger partial charge is 0.307 e. The van der Waals surface area contributed by atoms with E-state index in [1.54, 1.807) is 19.2 Å². The zero-order valence-electron chi connectivity index (χ0n) is 11.9. The van der Waals surface area contributed by atoms with E-state index >= 15 is 0 Å². The Morgan fingerprint density at radius 3 is 2.77 bits per heavy atom. The van der Waals surface area contributed by atoms with Gasteiger partial charge in [0.15, 0.2) is 0 Å². The van der Waals surface area contributed by atoms with Gasteiger partial charge in [0.2, 0.25) is 0 Å². The molecule has 2 N–H and O–H groups in total. The van der Waals surface area contributed by atoms with Crippen LogP contribution in [0.1, 0.15) is 5.56 Å². The Hall–Kier alpha value is -2.82. The van der Waals surface area contributed by atoms with Crippen molar-refractivity contribution in [2.45, 2.75) is 6.42 Å². The molecule has 0 unspecified atom stereocenters. The van der Waals surface area contributed by atoms with Gasteiger partial charge in [-0.1, -0.05) is 12.1 Å². The molecule has 0 radical (unpaired) electrons. The molecule has 2 aromatic carbocycles. The predicted octanol–water partition coefficient (Wildman–Crippen LogP) is 3.61. The molecule has 0 aliphatic heterocycles. The van der Waals surface area contributed by atoms with Crippen LogP contribution in [0.15, 0.2) is 42.5 Å². The number of aromatic amines is 1. The van der Waals surface area contributed by atoms with E-state index in [4.69, 9.17) is 4.74 Å². The molecule has 3 rings (SSSR count). The number of aromatic nitrogens is 1. The third kappa shape index (κ3) is 2.41. The first-order valence-electron chi connectivity index (χ1n) is 6.75. The van der Waals surface area contributed by atoms with Crippen molar-refractivity contribution in [3.63, 3.8) is 0 Å². The summed E-state index contributed by atoms with van der Waals surface area (Å²) in [7, 11) is 1.55. The van der Waals surface area contributed by atoms with Crippen LogP contribution in [0.25, 0.3) is 22.2 Å². The maximum absolute atomic E-state index is 13.5. The quantitative estimate of drug-likeness (QED) is 0.773. The van der Waals surface area contributed by atoms with Gasteiger partial charge in [-0.05, 0) is 35.9 Å². The molecule has 0 saturated carbocycles. The van der Waals surface area contributed by atoms with Crippen LogP contribution < -0.4 is 4.74 Å². The molecule has 0 fully saturated rings. The van der Waals surface area contributed by atoms with Gasteiger partial charge in [-0.25, -0.2) is 4.39 Å². The van der Waals surface area contributed by atoms with Crippen LogP contribution in [-0.4, -0.2) is 23.2 Å². The first kappa shape index (κ1) is 14.1. The minimum absolute atomic E-state index is 0.198. The summed E-state index contributed by atoms with van der Waals surface area (Å²) in [6.07, 6.45) is -0.198. The van der Waals surface area contributed by atoms with E-state index in [2.05, 4.69) is 4.98 Å². The van der Waals surface area contributed by atoms with Crippen LogP contribution in [0, 0.1) is 5.82 Å². The summed E-state index contributed by atoms with van der Waals surface area (Å²) >= 11 is 0. The maximum atomic E-state index is 13.5. The largest absolute Gasteiger partial charge is 0.496 e. The molecule has 22 heavy (non-hydrogen) atoms. The number of fused-ring (bicyclic) bond motifs is 1. The predicted molar refractivity (Wildman–Crippen MR) is 81.6 cm³/mol. The molecule has 0 aliphatic carbocycles. The summed E-state index contributed by atoms with van der Waals surface area (Å²) in [6, 6.07) is 11.6. The van der Waals surface area contributed by atoms with Crippen LogP contribution in [0.3, 0.4) is 0 Å². The first-order valence-corrected chi connectivity index (χ1v) is 6.75. The van der Waals surface area contributed by atoms with Crippen LogP contribution in [0.2, 0.25) is 0 Å². The van der Waals surface area contributed by atoms with E-state index in [0.717, 1.165) is 5.56 Å². The molecule has 4 nitrogen and oxygen atoms in total. The number of nitrogens with one attached hydrogen (secondary N) is 1. The summed E-state index contributed by atoms with van der Waals surface area (Å²) < 4.78 is 18.9. The second-order valence-electron chi connectivity index (χ2n) is 4.94. The molecule has 0 saturated heterocycles. The highest BCUT2D eigenvalue weighted by atomic mass is 19.1. The Balaban J connectivity index is 2.30. The van der Waals surface area contributed by atoms with Gasteiger partial charge in [-0.15, -0.1) is 0 Å². The monoisotopic (exact) mass is 299 g/mol. The second kappa shape index (κ2) is 5.52. The highest BCUT2D eigenvalue weighted by Gasteiger charge is 2.18. The van der Waals surface area contributed by atoms with E-state index in [9.17, 15) is 14.3 Å². The topological polar surface area (TPSA) is 62.3 Å². The lowest BCUT2D eigenvalue weighted by Crippen LogP contribution is -2.01. The van der Waals surface area contributed by atoms with E-state index in [1.807, 2.05) is 18.2 Å². The molecule has 0 bridgehead atoms. The third-order valence-electron chi connectivity index (χ3n) is 3.57. The van der Waals surface area contributed by atoms with Gasteiger partial charge in [0.05, 0.1) is 19.2 Å². The van der Waals surface area contributed by atoms with E-state index in [0.29, 0.717) is 27.9 Å². The SMILES string of the molecule is COc1ccccc1-c1[nH]c2ccc(F)cc2c1CC(=O)O. The van der Waals surface area contributed by atoms with Gasteiger partial charge >= 0.3 is 5.97 Å². The van der Waals surface area contributed by atoms with Crippen LogP contribution in [0.5, 0.6) is 5.75 Å². The Morgan fingerprint density at radius 1 is 1.27 bits per heavy atom. The van der Waals surface area contributed by atoms with Crippen LogP contribution >= 0.6 is 0 Å². The van der Waals surface area contributed by atoms with Crippen molar-refractivity contribution in [1.29, 1.82) is 0 Å². The molecule has 3 aromatic rings. The molecule has 112 valence electrons. The number of methoxy groups -OCH3 is 1. The van der Waals surface area contributed by atoms with Gasteiger partial charge < -0.3 is 14.8 Å². The number of hydrogen-bond donors (Lipinski definition) is 2. The molecule has 0 spiro atoms. The number of para-hydroxylation sites is 1. The minimum atomic E-state index is -0.971. The number of benzene rings is 2. The molecule has 0 aliphatic rings. The van der Waals surface area contributed by atoms with Gasteiger partial charge in [-0.2, -0.15) is 0 Å². The van der Waals surface area contributed by atoms with Crippen molar-refractivity contribution in [3.05, 3.63) is 53.8 Å². The summed E-state index contributed by atoms with van der Waals surface area (Å²) in [5, 5.41) is 9.75. The summed E-state index contributed by atoms with van der Waals surface area (Å²) in [5.74, 6) is -0.743. The normalized spacial score (nSPS) is 10.8. The number of hydrogen-bond acceptors (Lipinski definition) is 2. The highest BCUT2D eigenvalue weighted by Crippen LogP contribution is 2.36. The van der Waals surface area contributed by atoms with Crippen molar-refractivity contribution in [2.24, 2.45) is 0 Å². The van der Waals surface area contributed by atoms with Crippen LogP contribution in [-0.2, 0) is 11.2 Å². The van der Waals surface area contributed by atoms with E-state index in [-0.39, 0.29) is 6.42 Å². The lowest BCUT2D eigenvalue weighted by molar-refractivity contribution is -0.136. The highest BCUT2D eigenvalue weighted by molar-refractivity contribution is 5.94. The lowest BCUT2D eigenvalue weighted by atomic mass is 10.0. The van der Waals surface area contributed by atoms with Gasteiger partial charge in [0.25, 0.3) is 0 Å². The van der Waals surface area contributed by atoms with Crippen LogP contribution in [0.4, 0.5) is 4.39 Å². The van der Waals surface area contributed by atoms with Crippen molar-refractivity contribution < 1.29 is 19.0 Å². The van der Waals surface area contributed by atoms with Crippen molar-refractivity contribution in [3.8, 4) is 17.0 Å².